The number of hydrogen-bond acceptors (Lipinski definition) is 4. The van der Waals surface area contributed by atoms with Gasteiger partial charge in [0.25, 0.3) is 0 Å². The van der Waals surface area contributed by atoms with Crippen molar-refractivity contribution in [3.8, 4) is 11.5 Å². The van der Waals surface area contributed by atoms with Gasteiger partial charge in [0.05, 0.1) is 18.1 Å². The van der Waals surface area contributed by atoms with Gasteiger partial charge in [-0.25, -0.2) is 4.98 Å². The van der Waals surface area contributed by atoms with Crippen LogP contribution < -0.4 is 14.4 Å². The fourth-order valence-corrected chi connectivity index (χ4v) is 3.58. The van der Waals surface area contributed by atoms with Crippen LogP contribution in [-0.4, -0.2) is 29.1 Å². The standard InChI is InChI=1S/C25H25N3O3/c1-3-27(19-10-5-4-6-11-19)25(29)17-28-23-15-8-7-14-22(23)26-24(28)18-31-21-13-9-12-20(16-21)30-2/h4-16H,3,17-18H2,1-2H3. The van der Waals surface area contributed by atoms with Crippen molar-refractivity contribution in [2.45, 2.75) is 20.1 Å². The molecule has 0 bridgehead atoms. The zero-order valence-corrected chi connectivity index (χ0v) is 17.7. The Bertz CT molecular complexity index is 1170. The summed E-state index contributed by atoms with van der Waals surface area (Å²) in [7, 11) is 1.62. The number of nitrogens with zero attached hydrogens (tertiary/aromatic N) is 3. The van der Waals surface area contributed by atoms with Gasteiger partial charge in [-0.1, -0.05) is 36.4 Å². The molecule has 0 aliphatic carbocycles. The molecule has 4 aromatic rings. The Morgan fingerprint density at radius 2 is 1.71 bits per heavy atom. The first kappa shape index (κ1) is 20.5. The molecule has 0 aliphatic rings. The van der Waals surface area contributed by atoms with Gasteiger partial charge < -0.3 is 18.9 Å². The van der Waals surface area contributed by atoms with Gasteiger partial charge >= 0.3 is 0 Å². The SMILES string of the molecule is CCN(C(=O)Cn1c(COc2cccc(OC)c2)nc2ccccc21)c1ccccc1. The van der Waals surface area contributed by atoms with Gasteiger partial charge in [0.2, 0.25) is 5.91 Å². The largest absolute Gasteiger partial charge is 0.497 e. The van der Waals surface area contributed by atoms with Gasteiger partial charge in [0, 0.05) is 18.3 Å². The number of amides is 1. The van der Waals surface area contributed by atoms with Crippen LogP contribution in [0.15, 0.2) is 78.9 Å². The van der Waals surface area contributed by atoms with Crippen LogP contribution in [0.25, 0.3) is 11.0 Å². The van der Waals surface area contributed by atoms with Crippen molar-refractivity contribution in [2.75, 3.05) is 18.6 Å². The van der Waals surface area contributed by atoms with E-state index in [1.165, 1.54) is 0 Å². The van der Waals surface area contributed by atoms with Gasteiger partial charge in [-0.15, -0.1) is 0 Å². The minimum atomic E-state index is -0.000478. The second kappa shape index (κ2) is 9.34. The number of rotatable bonds is 8. The average molecular weight is 415 g/mol. The lowest BCUT2D eigenvalue weighted by Gasteiger charge is -2.22. The minimum Gasteiger partial charge on any atom is -0.497 e. The number of hydrogen-bond donors (Lipinski definition) is 0. The van der Waals surface area contributed by atoms with Crippen LogP contribution in [0.3, 0.4) is 0 Å². The second-order valence-electron chi connectivity index (χ2n) is 7.04. The van der Waals surface area contributed by atoms with E-state index in [-0.39, 0.29) is 19.1 Å². The highest BCUT2D eigenvalue weighted by atomic mass is 16.5. The van der Waals surface area contributed by atoms with Crippen LogP contribution in [0, 0.1) is 0 Å². The zero-order chi connectivity index (χ0) is 21.6. The first-order valence-electron chi connectivity index (χ1n) is 10.3. The van der Waals surface area contributed by atoms with Crippen molar-refractivity contribution in [2.24, 2.45) is 0 Å². The number of ether oxygens (including phenoxy) is 2. The molecule has 0 saturated carbocycles. The highest BCUT2D eigenvalue weighted by Gasteiger charge is 2.19. The van der Waals surface area contributed by atoms with Gasteiger partial charge in [-0.2, -0.15) is 0 Å². The molecule has 3 aromatic carbocycles. The molecule has 31 heavy (non-hydrogen) atoms. The summed E-state index contributed by atoms with van der Waals surface area (Å²) in [4.78, 5) is 19.7. The first-order chi connectivity index (χ1) is 15.2. The molecule has 0 atom stereocenters. The summed E-state index contributed by atoms with van der Waals surface area (Å²) in [5.41, 5.74) is 2.63. The van der Waals surface area contributed by atoms with Gasteiger partial charge in [0.1, 0.15) is 30.5 Å². The maximum absolute atomic E-state index is 13.2. The van der Waals surface area contributed by atoms with Crippen molar-refractivity contribution in [1.29, 1.82) is 0 Å². The lowest BCUT2D eigenvalue weighted by Crippen LogP contribution is -2.34. The summed E-state index contributed by atoms with van der Waals surface area (Å²) < 4.78 is 13.2. The Hall–Kier alpha value is -3.80. The molecule has 1 amide bonds. The molecular formula is C25H25N3O3. The predicted molar refractivity (Wildman–Crippen MR) is 122 cm³/mol. The van der Waals surface area contributed by atoms with E-state index in [2.05, 4.69) is 0 Å². The van der Waals surface area contributed by atoms with Crippen molar-refractivity contribution < 1.29 is 14.3 Å². The summed E-state index contributed by atoms with van der Waals surface area (Å²) in [6, 6.07) is 25.0. The number of imidazole rings is 1. The normalized spacial score (nSPS) is 10.8. The lowest BCUT2D eigenvalue weighted by molar-refractivity contribution is -0.119. The number of benzene rings is 3. The molecule has 158 valence electrons. The summed E-state index contributed by atoms with van der Waals surface area (Å²) in [6.45, 7) is 2.99. The van der Waals surface area contributed by atoms with Crippen LogP contribution in [0.1, 0.15) is 12.7 Å². The van der Waals surface area contributed by atoms with E-state index in [4.69, 9.17) is 14.5 Å². The van der Waals surface area contributed by atoms with Crippen molar-refractivity contribution in [3.63, 3.8) is 0 Å². The van der Waals surface area contributed by atoms with Gasteiger partial charge in [-0.05, 0) is 43.3 Å². The number of carbonyl (C=O) groups excluding carboxylic acids is 1. The number of carbonyl (C=O) groups is 1. The fraction of sp³-hybridized carbons (Fsp3) is 0.200. The first-order valence-corrected chi connectivity index (χ1v) is 10.3. The van der Waals surface area contributed by atoms with Crippen LogP contribution >= 0.6 is 0 Å². The Kier molecular flexibility index (Phi) is 6.17. The number of methoxy groups -OCH3 is 1. The molecule has 0 unspecified atom stereocenters. The van der Waals surface area contributed by atoms with E-state index in [0.717, 1.165) is 22.5 Å². The minimum absolute atomic E-state index is 0.000478. The quantitative estimate of drug-likeness (QED) is 0.419. The Morgan fingerprint density at radius 3 is 2.48 bits per heavy atom. The van der Waals surface area contributed by atoms with Crippen molar-refractivity contribution in [3.05, 3.63) is 84.7 Å². The third-order valence-electron chi connectivity index (χ3n) is 5.12. The molecule has 0 aliphatic heterocycles. The summed E-state index contributed by atoms with van der Waals surface area (Å²) >= 11 is 0. The number of likely N-dealkylation sites (N-methyl/N-ethyl adjacent to an activating group) is 1. The molecule has 0 spiro atoms. The fourth-order valence-electron chi connectivity index (χ4n) is 3.58. The van der Waals surface area contributed by atoms with E-state index in [0.29, 0.717) is 18.1 Å². The third kappa shape index (κ3) is 4.53. The Balaban J connectivity index is 1.61. The monoisotopic (exact) mass is 415 g/mol. The summed E-state index contributed by atoms with van der Waals surface area (Å²) in [6.07, 6.45) is 0. The molecule has 4 rings (SSSR count). The maximum Gasteiger partial charge on any atom is 0.246 e. The lowest BCUT2D eigenvalue weighted by atomic mass is 10.2. The number of para-hydroxylation sites is 3. The van der Waals surface area contributed by atoms with E-state index in [1.54, 1.807) is 12.0 Å². The zero-order valence-electron chi connectivity index (χ0n) is 17.7. The van der Waals surface area contributed by atoms with E-state index in [1.807, 2.05) is 90.4 Å². The molecule has 0 N–H and O–H groups in total. The van der Waals surface area contributed by atoms with E-state index < -0.39 is 0 Å². The van der Waals surface area contributed by atoms with Crippen molar-refractivity contribution >= 4 is 22.6 Å². The predicted octanol–water partition coefficient (Wildman–Crippen LogP) is 4.68. The van der Waals surface area contributed by atoms with E-state index >= 15 is 0 Å². The summed E-state index contributed by atoms with van der Waals surface area (Å²) in [5.74, 6) is 2.10. The summed E-state index contributed by atoms with van der Waals surface area (Å²) in [5, 5.41) is 0. The third-order valence-corrected chi connectivity index (χ3v) is 5.12. The number of anilines is 1. The number of aromatic nitrogens is 2. The van der Waals surface area contributed by atoms with Crippen molar-refractivity contribution in [1.82, 2.24) is 9.55 Å². The molecule has 0 fully saturated rings. The van der Waals surface area contributed by atoms with Crippen LogP contribution in [0.4, 0.5) is 5.69 Å². The van der Waals surface area contributed by atoms with Crippen LogP contribution in [0.5, 0.6) is 11.5 Å². The molecule has 6 nitrogen and oxygen atoms in total. The second-order valence-corrected chi connectivity index (χ2v) is 7.04. The van der Waals surface area contributed by atoms with Gasteiger partial charge in [0.15, 0.2) is 0 Å². The Labute approximate surface area is 181 Å². The smallest absolute Gasteiger partial charge is 0.246 e. The maximum atomic E-state index is 13.2. The molecule has 6 heteroatoms. The number of fused-ring (bicyclic) bond motifs is 1. The van der Waals surface area contributed by atoms with Gasteiger partial charge in [-0.3, -0.25) is 4.79 Å². The topological polar surface area (TPSA) is 56.6 Å². The molecule has 0 radical (unpaired) electrons. The molecule has 1 aromatic heterocycles. The molecule has 0 saturated heterocycles. The van der Waals surface area contributed by atoms with Crippen LogP contribution in [0.2, 0.25) is 0 Å². The molecule has 1 heterocycles. The molecular weight excluding hydrogens is 390 g/mol. The van der Waals surface area contributed by atoms with Crippen LogP contribution in [-0.2, 0) is 17.9 Å². The highest BCUT2D eigenvalue weighted by Crippen LogP contribution is 2.22. The highest BCUT2D eigenvalue weighted by molar-refractivity contribution is 5.94. The Morgan fingerprint density at radius 1 is 0.968 bits per heavy atom. The van der Waals surface area contributed by atoms with E-state index in [9.17, 15) is 4.79 Å². The average Bonchev–Trinajstić information content (AvgIpc) is 3.16.